The topological polar surface area (TPSA) is 20.2 Å². The van der Waals surface area contributed by atoms with Crippen LogP contribution in [0.1, 0.15) is 17.2 Å². The van der Waals surface area contributed by atoms with E-state index in [4.69, 9.17) is 0 Å². The van der Waals surface area contributed by atoms with Crippen molar-refractivity contribution in [3.05, 3.63) is 69.3 Å². The second-order valence-corrected chi connectivity index (χ2v) is 6.47. The van der Waals surface area contributed by atoms with E-state index in [-0.39, 0.29) is 12.2 Å². The molecular weight excluding hydrogens is 339 g/mol. The molecule has 4 heteroatoms. The third kappa shape index (κ3) is 2.64. The van der Waals surface area contributed by atoms with Crippen molar-refractivity contribution in [3.63, 3.8) is 0 Å². The van der Waals surface area contributed by atoms with Gasteiger partial charge in [0.25, 0.3) is 0 Å². The van der Waals surface area contributed by atoms with Crippen LogP contribution in [0.15, 0.2) is 52.3 Å². The van der Waals surface area contributed by atoms with E-state index in [9.17, 15) is 9.50 Å². The fraction of sp³-hybridized carbons (Fsp3) is 0.125. The van der Waals surface area contributed by atoms with Crippen LogP contribution in [-0.2, 0) is 6.42 Å². The summed E-state index contributed by atoms with van der Waals surface area (Å²) in [7, 11) is 0. The molecule has 1 heterocycles. The van der Waals surface area contributed by atoms with Crippen LogP contribution in [0, 0.1) is 5.82 Å². The molecule has 0 saturated carbocycles. The highest BCUT2D eigenvalue weighted by atomic mass is 79.9. The van der Waals surface area contributed by atoms with Crippen LogP contribution in [0.25, 0.3) is 10.1 Å². The molecule has 3 aromatic rings. The fourth-order valence-electron chi connectivity index (χ4n) is 2.27. The van der Waals surface area contributed by atoms with Gasteiger partial charge in [-0.2, -0.15) is 0 Å². The second kappa shape index (κ2) is 5.64. The minimum Gasteiger partial charge on any atom is -0.388 e. The van der Waals surface area contributed by atoms with Gasteiger partial charge in [0.2, 0.25) is 0 Å². The third-order valence-electron chi connectivity index (χ3n) is 3.29. The van der Waals surface area contributed by atoms with E-state index in [1.54, 1.807) is 23.5 Å². The lowest BCUT2D eigenvalue weighted by molar-refractivity contribution is 0.179. The fourth-order valence-corrected chi connectivity index (χ4v) is 3.69. The van der Waals surface area contributed by atoms with Gasteiger partial charge < -0.3 is 5.11 Å². The Morgan fingerprint density at radius 3 is 2.85 bits per heavy atom. The maximum absolute atomic E-state index is 13.8. The van der Waals surface area contributed by atoms with Gasteiger partial charge in [-0.15, -0.1) is 11.3 Å². The first kappa shape index (κ1) is 13.7. The summed E-state index contributed by atoms with van der Waals surface area (Å²) in [5.41, 5.74) is 1.38. The van der Waals surface area contributed by atoms with E-state index in [1.165, 1.54) is 6.07 Å². The zero-order chi connectivity index (χ0) is 14.1. The van der Waals surface area contributed by atoms with Crippen LogP contribution in [0.2, 0.25) is 0 Å². The smallest absolute Gasteiger partial charge is 0.126 e. The SMILES string of the molecule is OC(Cc1cc(Br)ccc1F)c1csc2ccccc12. The number of rotatable bonds is 3. The summed E-state index contributed by atoms with van der Waals surface area (Å²) < 4.78 is 15.7. The lowest BCUT2D eigenvalue weighted by atomic mass is 10.0. The highest BCUT2D eigenvalue weighted by Gasteiger charge is 2.15. The molecule has 1 N–H and O–H groups in total. The summed E-state index contributed by atoms with van der Waals surface area (Å²) in [5, 5.41) is 13.4. The van der Waals surface area contributed by atoms with Crippen LogP contribution in [-0.4, -0.2) is 5.11 Å². The summed E-state index contributed by atoms with van der Waals surface area (Å²) >= 11 is 4.93. The van der Waals surface area contributed by atoms with Gasteiger partial charge in [0, 0.05) is 15.6 Å². The minimum atomic E-state index is -0.699. The molecule has 0 aliphatic carbocycles. The highest BCUT2D eigenvalue weighted by molar-refractivity contribution is 9.10. The van der Waals surface area contributed by atoms with Crippen molar-refractivity contribution in [2.24, 2.45) is 0 Å². The predicted octanol–water partition coefficient (Wildman–Crippen LogP) is 5.08. The molecule has 1 nitrogen and oxygen atoms in total. The molecule has 0 aliphatic heterocycles. The molecule has 0 spiro atoms. The number of thiophene rings is 1. The van der Waals surface area contributed by atoms with E-state index < -0.39 is 6.10 Å². The first-order valence-electron chi connectivity index (χ1n) is 6.23. The van der Waals surface area contributed by atoms with Crippen molar-refractivity contribution < 1.29 is 9.50 Å². The Labute approximate surface area is 128 Å². The zero-order valence-corrected chi connectivity index (χ0v) is 12.9. The molecule has 0 fully saturated rings. The molecule has 1 unspecified atom stereocenters. The van der Waals surface area contributed by atoms with Gasteiger partial charge in [-0.3, -0.25) is 0 Å². The predicted molar refractivity (Wildman–Crippen MR) is 84.6 cm³/mol. The van der Waals surface area contributed by atoms with Crippen LogP contribution >= 0.6 is 27.3 Å². The molecule has 0 saturated heterocycles. The summed E-state index contributed by atoms with van der Waals surface area (Å²) in [6.07, 6.45) is -0.429. The number of hydrogen-bond acceptors (Lipinski definition) is 2. The van der Waals surface area contributed by atoms with E-state index in [0.717, 1.165) is 20.1 Å². The number of benzene rings is 2. The van der Waals surface area contributed by atoms with Crippen molar-refractivity contribution >= 4 is 37.4 Å². The first-order chi connectivity index (χ1) is 9.65. The number of aliphatic hydroxyl groups is 1. The van der Waals surface area contributed by atoms with Gasteiger partial charge in [-0.25, -0.2) is 4.39 Å². The van der Waals surface area contributed by atoms with Crippen molar-refractivity contribution in [3.8, 4) is 0 Å². The Hall–Kier alpha value is -1.23. The average molecular weight is 351 g/mol. The molecule has 2 aromatic carbocycles. The van der Waals surface area contributed by atoms with E-state index in [2.05, 4.69) is 15.9 Å². The largest absolute Gasteiger partial charge is 0.388 e. The molecule has 1 aromatic heterocycles. The molecule has 20 heavy (non-hydrogen) atoms. The van der Waals surface area contributed by atoms with Gasteiger partial charge >= 0.3 is 0 Å². The maximum Gasteiger partial charge on any atom is 0.126 e. The Balaban J connectivity index is 1.93. The van der Waals surface area contributed by atoms with Crippen molar-refractivity contribution in [1.82, 2.24) is 0 Å². The molecule has 1 atom stereocenters. The minimum absolute atomic E-state index is 0.270. The Kier molecular flexibility index (Phi) is 3.87. The number of halogens is 2. The summed E-state index contributed by atoms with van der Waals surface area (Å²) in [5.74, 6) is -0.285. The van der Waals surface area contributed by atoms with Crippen molar-refractivity contribution in [2.75, 3.05) is 0 Å². The molecule has 3 rings (SSSR count). The van der Waals surface area contributed by atoms with Crippen molar-refractivity contribution in [2.45, 2.75) is 12.5 Å². The van der Waals surface area contributed by atoms with Crippen LogP contribution in [0.4, 0.5) is 4.39 Å². The lowest BCUT2D eigenvalue weighted by Gasteiger charge is -2.11. The molecule has 102 valence electrons. The van der Waals surface area contributed by atoms with Gasteiger partial charge in [0.15, 0.2) is 0 Å². The monoisotopic (exact) mass is 350 g/mol. The zero-order valence-electron chi connectivity index (χ0n) is 10.5. The van der Waals surface area contributed by atoms with Crippen LogP contribution in [0.3, 0.4) is 0 Å². The Bertz CT molecular complexity index is 753. The average Bonchev–Trinajstić information content (AvgIpc) is 2.87. The van der Waals surface area contributed by atoms with E-state index in [1.807, 2.05) is 29.6 Å². The standard InChI is InChI=1S/C16H12BrFOS/c17-11-5-6-14(18)10(7-11)8-15(19)13-9-20-16-4-2-1-3-12(13)16/h1-7,9,15,19H,8H2. The van der Waals surface area contributed by atoms with Gasteiger partial charge in [-0.1, -0.05) is 34.1 Å². The maximum atomic E-state index is 13.8. The van der Waals surface area contributed by atoms with E-state index in [0.29, 0.717) is 5.56 Å². The molecule has 0 amide bonds. The summed E-state index contributed by atoms with van der Waals surface area (Å²) in [4.78, 5) is 0. The number of hydrogen-bond donors (Lipinski definition) is 1. The van der Waals surface area contributed by atoms with Gasteiger partial charge in [0.1, 0.15) is 5.82 Å². The van der Waals surface area contributed by atoms with Crippen LogP contribution < -0.4 is 0 Å². The molecular formula is C16H12BrFOS. The number of aliphatic hydroxyl groups excluding tert-OH is 1. The number of fused-ring (bicyclic) bond motifs is 1. The normalized spacial score (nSPS) is 12.8. The van der Waals surface area contributed by atoms with Crippen LogP contribution in [0.5, 0.6) is 0 Å². The summed E-state index contributed by atoms with van der Waals surface area (Å²) in [6, 6.07) is 12.7. The van der Waals surface area contributed by atoms with Crippen molar-refractivity contribution in [1.29, 1.82) is 0 Å². The first-order valence-corrected chi connectivity index (χ1v) is 7.90. The summed E-state index contributed by atoms with van der Waals surface area (Å²) in [6.45, 7) is 0. The van der Waals surface area contributed by atoms with Gasteiger partial charge in [0.05, 0.1) is 6.10 Å². The molecule has 0 bridgehead atoms. The Morgan fingerprint density at radius 2 is 2.00 bits per heavy atom. The molecule has 0 radical (unpaired) electrons. The van der Waals surface area contributed by atoms with Gasteiger partial charge in [-0.05, 0) is 46.2 Å². The van der Waals surface area contributed by atoms with E-state index >= 15 is 0 Å². The second-order valence-electron chi connectivity index (χ2n) is 4.64. The quantitative estimate of drug-likeness (QED) is 0.698. The Morgan fingerprint density at radius 1 is 1.20 bits per heavy atom. The molecule has 0 aliphatic rings. The third-order valence-corrected chi connectivity index (χ3v) is 4.77. The highest BCUT2D eigenvalue weighted by Crippen LogP contribution is 2.32. The lowest BCUT2D eigenvalue weighted by Crippen LogP contribution is -2.03.